The summed E-state index contributed by atoms with van der Waals surface area (Å²) in [6, 6.07) is 4.07. The molecule has 0 saturated heterocycles. The van der Waals surface area contributed by atoms with Crippen LogP contribution in [0.2, 0.25) is 0 Å². The number of carboxylic acid groups (broad SMARTS) is 1. The van der Waals surface area contributed by atoms with Gasteiger partial charge in [-0.1, -0.05) is 13.8 Å². The van der Waals surface area contributed by atoms with Gasteiger partial charge in [-0.3, -0.25) is 0 Å². The minimum absolute atomic E-state index is 0.0367. The summed E-state index contributed by atoms with van der Waals surface area (Å²) in [6.07, 6.45) is 1.51. The average Bonchev–Trinajstić information content (AvgIpc) is 2.42. The van der Waals surface area contributed by atoms with Crippen LogP contribution in [-0.4, -0.2) is 32.6 Å². The van der Waals surface area contributed by atoms with E-state index in [4.69, 9.17) is 0 Å². The highest BCUT2D eigenvalue weighted by molar-refractivity contribution is 7.89. The van der Waals surface area contributed by atoms with Crippen molar-refractivity contribution >= 4 is 21.7 Å². The number of carboxylic acids is 1. The van der Waals surface area contributed by atoms with E-state index in [0.717, 1.165) is 6.42 Å². The van der Waals surface area contributed by atoms with Gasteiger partial charge in [-0.15, -0.1) is 0 Å². The summed E-state index contributed by atoms with van der Waals surface area (Å²) in [5.74, 6) is -1.16. The molecule has 0 aliphatic carbocycles. The number of hydrogen-bond acceptors (Lipinski definition) is 4. The van der Waals surface area contributed by atoms with E-state index in [1.54, 1.807) is 0 Å². The number of carbonyl (C=O) groups is 1. The second-order valence-electron chi connectivity index (χ2n) is 4.34. The molecule has 0 unspecified atom stereocenters. The zero-order valence-corrected chi connectivity index (χ0v) is 12.5. The van der Waals surface area contributed by atoms with E-state index in [2.05, 4.69) is 10.0 Å². The minimum Gasteiger partial charge on any atom is -0.478 e. The molecule has 0 radical (unpaired) electrons. The van der Waals surface area contributed by atoms with Gasteiger partial charge < -0.3 is 10.4 Å². The first-order valence-electron chi connectivity index (χ1n) is 6.53. The zero-order chi connectivity index (χ0) is 15.2. The fourth-order valence-electron chi connectivity index (χ4n) is 1.60. The Morgan fingerprint density at radius 3 is 2.40 bits per heavy atom. The van der Waals surface area contributed by atoms with E-state index < -0.39 is 16.0 Å². The molecule has 0 heterocycles. The van der Waals surface area contributed by atoms with Crippen LogP contribution in [0, 0.1) is 0 Å². The Kier molecular flexibility index (Phi) is 5.97. The van der Waals surface area contributed by atoms with Crippen molar-refractivity contribution in [2.45, 2.75) is 31.6 Å². The normalized spacial score (nSPS) is 11.3. The summed E-state index contributed by atoms with van der Waals surface area (Å²) in [5, 5.41) is 12.1. The molecule has 0 amide bonds. The summed E-state index contributed by atoms with van der Waals surface area (Å²) in [6.45, 7) is 4.75. The van der Waals surface area contributed by atoms with Crippen molar-refractivity contribution in [3.63, 3.8) is 0 Å². The molecule has 1 aromatic carbocycles. The quantitative estimate of drug-likeness (QED) is 0.681. The molecular weight excluding hydrogens is 280 g/mol. The summed E-state index contributed by atoms with van der Waals surface area (Å²) in [5.41, 5.74) is 0.381. The van der Waals surface area contributed by atoms with Gasteiger partial charge in [-0.2, -0.15) is 0 Å². The Hall–Kier alpha value is -1.60. The number of hydrogen-bond donors (Lipinski definition) is 3. The van der Waals surface area contributed by atoms with Crippen LogP contribution in [0.15, 0.2) is 23.1 Å². The molecule has 0 bridgehead atoms. The summed E-state index contributed by atoms with van der Waals surface area (Å²) < 4.78 is 26.3. The molecule has 0 saturated carbocycles. The molecule has 7 heteroatoms. The standard InChI is InChI=1S/C13H20N2O4S/c1-3-7-14-12-6-5-10(9-11(12)13(16)17)20(18,19)15-8-4-2/h5-6,9,14-15H,3-4,7-8H2,1-2H3,(H,16,17). The Balaban J connectivity index is 3.13. The summed E-state index contributed by atoms with van der Waals surface area (Å²) in [7, 11) is -3.66. The van der Waals surface area contributed by atoms with Crippen molar-refractivity contribution in [1.29, 1.82) is 0 Å². The highest BCUT2D eigenvalue weighted by Gasteiger charge is 2.18. The molecule has 0 aliphatic rings. The predicted octanol–water partition coefficient (Wildman–Crippen LogP) is 1.90. The number of rotatable bonds is 8. The lowest BCUT2D eigenvalue weighted by Crippen LogP contribution is -2.24. The lowest BCUT2D eigenvalue weighted by Gasteiger charge is -2.11. The molecule has 20 heavy (non-hydrogen) atoms. The van der Waals surface area contributed by atoms with Crippen LogP contribution in [0.1, 0.15) is 37.0 Å². The number of aromatic carboxylic acids is 1. The van der Waals surface area contributed by atoms with Gasteiger partial charge in [-0.05, 0) is 31.0 Å². The van der Waals surface area contributed by atoms with E-state index in [9.17, 15) is 18.3 Å². The van der Waals surface area contributed by atoms with Gasteiger partial charge in [0.1, 0.15) is 0 Å². The van der Waals surface area contributed by atoms with Crippen LogP contribution in [0.4, 0.5) is 5.69 Å². The van der Waals surface area contributed by atoms with Crippen molar-refractivity contribution < 1.29 is 18.3 Å². The molecular formula is C13H20N2O4S. The van der Waals surface area contributed by atoms with Crippen molar-refractivity contribution in [3.8, 4) is 0 Å². The SMILES string of the molecule is CCCNc1ccc(S(=O)(=O)NCCC)cc1C(=O)O. The predicted molar refractivity (Wildman–Crippen MR) is 77.7 cm³/mol. The van der Waals surface area contributed by atoms with Gasteiger partial charge >= 0.3 is 5.97 Å². The van der Waals surface area contributed by atoms with Gasteiger partial charge in [0.25, 0.3) is 0 Å². The van der Waals surface area contributed by atoms with E-state index in [1.807, 2.05) is 13.8 Å². The number of nitrogens with one attached hydrogen (secondary N) is 2. The first-order chi connectivity index (χ1) is 9.42. The van der Waals surface area contributed by atoms with E-state index in [-0.39, 0.29) is 10.5 Å². The maximum absolute atomic E-state index is 12.0. The number of benzene rings is 1. The first-order valence-corrected chi connectivity index (χ1v) is 8.01. The third kappa shape index (κ3) is 4.21. The highest BCUT2D eigenvalue weighted by atomic mass is 32.2. The van der Waals surface area contributed by atoms with Crippen LogP contribution >= 0.6 is 0 Å². The maximum Gasteiger partial charge on any atom is 0.337 e. The molecule has 0 spiro atoms. The van der Waals surface area contributed by atoms with Crippen LogP contribution in [-0.2, 0) is 10.0 Å². The van der Waals surface area contributed by atoms with Crippen LogP contribution < -0.4 is 10.0 Å². The molecule has 1 rings (SSSR count). The minimum atomic E-state index is -3.66. The van der Waals surface area contributed by atoms with Gasteiger partial charge in [0.15, 0.2) is 0 Å². The third-order valence-corrected chi connectivity index (χ3v) is 4.10. The number of anilines is 1. The maximum atomic E-state index is 12.0. The van der Waals surface area contributed by atoms with Gasteiger partial charge in [0, 0.05) is 18.8 Å². The van der Waals surface area contributed by atoms with E-state index in [0.29, 0.717) is 25.2 Å². The van der Waals surface area contributed by atoms with Crippen molar-refractivity contribution in [3.05, 3.63) is 23.8 Å². The highest BCUT2D eigenvalue weighted by Crippen LogP contribution is 2.20. The molecule has 6 nitrogen and oxygen atoms in total. The smallest absolute Gasteiger partial charge is 0.337 e. The molecule has 0 fully saturated rings. The monoisotopic (exact) mass is 300 g/mol. The van der Waals surface area contributed by atoms with Crippen molar-refractivity contribution in [1.82, 2.24) is 4.72 Å². The zero-order valence-electron chi connectivity index (χ0n) is 11.6. The van der Waals surface area contributed by atoms with E-state index >= 15 is 0 Å². The fraction of sp³-hybridized carbons (Fsp3) is 0.462. The largest absolute Gasteiger partial charge is 0.478 e. The molecule has 112 valence electrons. The molecule has 0 aliphatic heterocycles. The summed E-state index contributed by atoms with van der Waals surface area (Å²) >= 11 is 0. The Morgan fingerprint density at radius 2 is 1.85 bits per heavy atom. The Bertz CT molecular complexity index is 570. The molecule has 1 aromatic rings. The molecule has 0 atom stereocenters. The van der Waals surface area contributed by atoms with Gasteiger partial charge in [-0.25, -0.2) is 17.9 Å². The molecule has 0 aromatic heterocycles. The Morgan fingerprint density at radius 1 is 1.20 bits per heavy atom. The second-order valence-corrected chi connectivity index (χ2v) is 6.10. The third-order valence-electron chi connectivity index (χ3n) is 2.64. The van der Waals surface area contributed by atoms with Crippen LogP contribution in [0.5, 0.6) is 0 Å². The van der Waals surface area contributed by atoms with Crippen molar-refractivity contribution in [2.24, 2.45) is 0 Å². The van der Waals surface area contributed by atoms with Crippen LogP contribution in [0.25, 0.3) is 0 Å². The first kappa shape index (κ1) is 16.5. The van der Waals surface area contributed by atoms with Crippen LogP contribution in [0.3, 0.4) is 0 Å². The van der Waals surface area contributed by atoms with Gasteiger partial charge in [0.2, 0.25) is 10.0 Å². The number of sulfonamides is 1. The topological polar surface area (TPSA) is 95.5 Å². The summed E-state index contributed by atoms with van der Waals surface area (Å²) in [4.78, 5) is 11.2. The lowest BCUT2D eigenvalue weighted by molar-refractivity contribution is 0.0697. The van der Waals surface area contributed by atoms with E-state index in [1.165, 1.54) is 18.2 Å². The van der Waals surface area contributed by atoms with Crippen molar-refractivity contribution in [2.75, 3.05) is 18.4 Å². The fourth-order valence-corrected chi connectivity index (χ4v) is 2.76. The second kappa shape index (κ2) is 7.25. The Labute approximate surface area is 119 Å². The lowest BCUT2D eigenvalue weighted by atomic mass is 10.2. The van der Waals surface area contributed by atoms with Gasteiger partial charge in [0.05, 0.1) is 10.5 Å². The average molecular weight is 300 g/mol. The molecule has 3 N–H and O–H groups in total.